The maximum atomic E-state index is 11.5. The van der Waals surface area contributed by atoms with E-state index in [-0.39, 0.29) is 9.77 Å². The Kier molecular flexibility index (Phi) is 4.91. The molecule has 0 fully saturated rings. The van der Waals surface area contributed by atoms with Gasteiger partial charge in [0.05, 0.1) is 26.3 Å². The Morgan fingerprint density at radius 2 is 1.80 bits per heavy atom. The van der Waals surface area contributed by atoms with Gasteiger partial charge >= 0.3 is 0 Å². The normalized spacial score (nSPS) is 10.4. The molecular formula is C13H14ClNO3S2. The first-order chi connectivity index (χ1) is 9.58. The van der Waals surface area contributed by atoms with Gasteiger partial charge in [-0.25, -0.2) is 0 Å². The van der Waals surface area contributed by atoms with E-state index < -0.39 is 0 Å². The molecule has 20 heavy (non-hydrogen) atoms. The zero-order chi connectivity index (χ0) is 14.7. The number of benzene rings is 1. The number of rotatable bonds is 5. The summed E-state index contributed by atoms with van der Waals surface area (Å²) in [5.41, 5.74) is 0.918. The zero-order valence-corrected chi connectivity index (χ0v) is 13.7. The van der Waals surface area contributed by atoms with Crippen LogP contribution in [0, 0.1) is 0 Å². The second-order valence-electron chi connectivity index (χ2n) is 4.07. The highest BCUT2D eigenvalue weighted by molar-refractivity contribution is 7.70. The summed E-state index contributed by atoms with van der Waals surface area (Å²) >= 11 is 6.02. The molecule has 0 atom stereocenters. The van der Waals surface area contributed by atoms with E-state index in [1.165, 1.54) is 10.3 Å². The fraction of sp³-hybridized carbons (Fsp3) is 0.308. The highest BCUT2D eigenvalue weighted by Gasteiger charge is 2.17. The Labute approximate surface area is 129 Å². The summed E-state index contributed by atoms with van der Waals surface area (Å²) in [5, 5.41) is 1.03. The van der Waals surface area contributed by atoms with Gasteiger partial charge in [0, 0.05) is 7.05 Å². The molecule has 0 amide bonds. The van der Waals surface area contributed by atoms with Crippen LogP contribution in [0.3, 0.4) is 0 Å². The second kappa shape index (κ2) is 6.47. The number of ether oxygens (including phenoxy) is 2. The van der Waals surface area contributed by atoms with Gasteiger partial charge in [0.2, 0.25) is 0 Å². The van der Waals surface area contributed by atoms with Crippen molar-refractivity contribution in [3.8, 4) is 11.5 Å². The van der Waals surface area contributed by atoms with Gasteiger partial charge in [-0.3, -0.25) is 4.79 Å². The van der Waals surface area contributed by atoms with Gasteiger partial charge in [-0.05, 0) is 22.5 Å². The lowest BCUT2D eigenvalue weighted by atomic mass is 10.1. The minimum absolute atomic E-state index is 0.106. The van der Waals surface area contributed by atoms with E-state index in [1.54, 1.807) is 14.2 Å². The summed E-state index contributed by atoms with van der Waals surface area (Å²) < 4.78 is 10.6. The van der Waals surface area contributed by atoms with Crippen LogP contribution in [-0.4, -0.2) is 21.3 Å². The lowest BCUT2D eigenvalue weighted by Gasteiger charge is -2.20. The summed E-state index contributed by atoms with van der Waals surface area (Å²) in [5.74, 6) is 1.49. The van der Waals surface area contributed by atoms with Crippen molar-refractivity contribution in [1.82, 2.24) is 0 Å². The summed E-state index contributed by atoms with van der Waals surface area (Å²) in [6.45, 7) is 0.541. The Morgan fingerprint density at radius 3 is 2.25 bits per heavy atom. The zero-order valence-electron chi connectivity index (χ0n) is 11.3. The Bertz CT molecular complexity index is 631. The van der Waals surface area contributed by atoms with Crippen molar-refractivity contribution in [2.75, 3.05) is 26.2 Å². The standard InChI is InChI=1S/C13H14ClNO3S2/c1-15(12-11(14)13(16)20-19-12)7-8-9(17-2)5-4-6-10(8)18-3/h4-6H,7H2,1-3H3. The van der Waals surface area contributed by atoms with Crippen molar-refractivity contribution in [3.63, 3.8) is 0 Å². The van der Waals surface area contributed by atoms with Crippen LogP contribution < -0.4 is 19.1 Å². The average Bonchev–Trinajstić information content (AvgIpc) is 2.79. The summed E-state index contributed by atoms with van der Waals surface area (Å²) in [7, 11) is 7.63. The molecule has 0 N–H and O–H groups in total. The Balaban J connectivity index is 2.34. The third-order valence-electron chi connectivity index (χ3n) is 2.84. The van der Waals surface area contributed by atoms with Crippen molar-refractivity contribution in [2.45, 2.75) is 6.54 Å². The van der Waals surface area contributed by atoms with E-state index >= 15 is 0 Å². The first kappa shape index (κ1) is 15.2. The monoisotopic (exact) mass is 331 g/mol. The third kappa shape index (κ3) is 2.92. The molecule has 4 nitrogen and oxygen atoms in total. The molecule has 2 aromatic rings. The first-order valence-corrected chi connectivity index (χ1v) is 8.31. The summed E-state index contributed by atoms with van der Waals surface area (Å²) in [4.78, 5) is 13.4. The molecule has 1 heterocycles. The molecule has 0 bridgehead atoms. The molecular weight excluding hydrogens is 318 g/mol. The fourth-order valence-corrected chi connectivity index (χ4v) is 4.60. The molecule has 0 saturated heterocycles. The number of hydrogen-bond donors (Lipinski definition) is 0. The summed E-state index contributed by atoms with van der Waals surface area (Å²) in [6, 6.07) is 5.63. The van der Waals surface area contributed by atoms with Gasteiger partial charge in [-0.1, -0.05) is 28.0 Å². The minimum Gasteiger partial charge on any atom is -0.496 e. The molecule has 0 saturated carbocycles. The van der Waals surface area contributed by atoms with Gasteiger partial charge in [0.15, 0.2) is 0 Å². The maximum absolute atomic E-state index is 11.5. The van der Waals surface area contributed by atoms with Crippen LogP contribution >= 0.6 is 32.3 Å². The fourth-order valence-electron chi connectivity index (χ4n) is 1.86. The largest absolute Gasteiger partial charge is 0.496 e. The predicted molar refractivity (Wildman–Crippen MR) is 85.1 cm³/mol. The van der Waals surface area contributed by atoms with Crippen molar-refractivity contribution >= 4 is 37.3 Å². The van der Waals surface area contributed by atoms with Crippen molar-refractivity contribution in [3.05, 3.63) is 38.3 Å². The van der Waals surface area contributed by atoms with Crippen molar-refractivity contribution in [2.24, 2.45) is 0 Å². The van der Waals surface area contributed by atoms with E-state index in [2.05, 4.69) is 0 Å². The molecule has 108 valence electrons. The lowest BCUT2D eigenvalue weighted by Crippen LogP contribution is -2.17. The number of methoxy groups -OCH3 is 2. The SMILES string of the molecule is COc1cccc(OC)c1CN(C)c1ssc(=O)c1Cl. The van der Waals surface area contributed by atoms with E-state index in [1.807, 2.05) is 30.1 Å². The molecule has 0 spiro atoms. The third-order valence-corrected chi connectivity index (χ3v) is 5.70. The average molecular weight is 332 g/mol. The number of hydrogen-bond acceptors (Lipinski definition) is 6. The second-order valence-corrected chi connectivity index (χ2v) is 6.54. The quantitative estimate of drug-likeness (QED) is 0.786. The maximum Gasteiger partial charge on any atom is 0.263 e. The van der Waals surface area contributed by atoms with Crippen LogP contribution in [0.5, 0.6) is 11.5 Å². The molecule has 1 aromatic carbocycles. The Hall–Kier alpha value is -1.24. The molecule has 0 aliphatic carbocycles. The topological polar surface area (TPSA) is 38.8 Å². The van der Waals surface area contributed by atoms with Crippen LogP contribution in [0.2, 0.25) is 5.02 Å². The predicted octanol–water partition coefficient (Wildman–Crippen LogP) is 3.48. The molecule has 2 rings (SSSR count). The number of anilines is 1. The van der Waals surface area contributed by atoms with E-state index in [9.17, 15) is 4.79 Å². The van der Waals surface area contributed by atoms with Crippen LogP contribution in [-0.2, 0) is 6.54 Å². The smallest absolute Gasteiger partial charge is 0.263 e. The molecule has 1 aromatic heterocycles. The van der Waals surface area contributed by atoms with Crippen molar-refractivity contribution in [1.29, 1.82) is 0 Å². The van der Waals surface area contributed by atoms with Gasteiger partial charge in [-0.15, -0.1) is 0 Å². The molecule has 7 heteroatoms. The highest BCUT2D eigenvalue weighted by Crippen LogP contribution is 2.35. The van der Waals surface area contributed by atoms with Gasteiger partial charge in [-0.2, -0.15) is 0 Å². The van der Waals surface area contributed by atoms with E-state index in [0.717, 1.165) is 32.4 Å². The van der Waals surface area contributed by atoms with Crippen LogP contribution in [0.15, 0.2) is 23.0 Å². The van der Waals surface area contributed by atoms with Crippen LogP contribution in [0.4, 0.5) is 5.00 Å². The van der Waals surface area contributed by atoms with Gasteiger partial charge in [0.25, 0.3) is 4.74 Å². The summed E-state index contributed by atoms with van der Waals surface area (Å²) in [6.07, 6.45) is 0. The van der Waals surface area contributed by atoms with E-state index in [4.69, 9.17) is 21.1 Å². The van der Waals surface area contributed by atoms with E-state index in [0.29, 0.717) is 6.54 Å². The van der Waals surface area contributed by atoms with Gasteiger partial charge < -0.3 is 14.4 Å². The van der Waals surface area contributed by atoms with Crippen molar-refractivity contribution < 1.29 is 9.47 Å². The molecule has 0 unspecified atom stereocenters. The highest BCUT2D eigenvalue weighted by atomic mass is 35.5. The number of nitrogens with zero attached hydrogens (tertiary/aromatic N) is 1. The molecule has 0 radical (unpaired) electrons. The van der Waals surface area contributed by atoms with Gasteiger partial charge in [0.1, 0.15) is 21.5 Å². The first-order valence-electron chi connectivity index (χ1n) is 5.78. The molecule has 0 aliphatic rings. The van der Waals surface area contributed by atoms with Crippen LogP contribution in [0.25, 0.3) is 0 Å². The molecule has 0 aliphatic heterocycles. The lowest BCUT2D eigenvalue weighted by molar-refractivity contribution is 0.385. The Morgan fingerprint density at radius 1 is 1.20 bits per heavy atom. The number of halogens is 1. The van der Waals surface area contributed by atoms with Crippen LogP contribution in [0.1, 0.15) is 5.56 Å². The minimum atomic E-state index is -0.106.